The molecule has 0 saturated carbocycles. The minimum absolute atomic E-state index is 0.0258. The fourth-order valence-electron chi connectivity index (χ4n) is 1.65. The van der Waals surface area contributed by atoms with E-state index in [0.717, 1.165) is 18.4 Å². The Hall–Kier alpha value is -2.51. The van der Waals surface area contributed by atoms with E-state index >= 15 is 0 Å². The lowest BCUT2D eigenvalue weighted by Gasteiger charge is -2.08. The molecular weight excluding hydrogens is 248 g/mol. The van der Waals surface area contributed by atoms with Crippen molar-refractivity contribution in [3.8, 4) is 5.82 Å². The van der Waals surface area contributed by atoms with Gasteiger partial charge in [0.1, 0.15) is 18.5 Å². The average Bonchev–Trinajstić information content (AvgIpc) is 2.90. The Morgan fingerprint density at radius 3 is 2.89 bits per heavy atom. The minimum Gasteiger partial charge on any atom is -0.463 e. The van der Waals surface area contributed by atoms with Gasteiger partial charge in [-0.25, -0.2) is 24.4 Å². The van der Waals surface area contributed by atoms with Gasteiger partial charge in [-0.3, -0.25) is 0 Å². The SMILES string of the molecule is CCCc1c(N)ncnc1-n1cnc(C(=O)OC)n1. The number of hydrogen-bond acceptors (Lipinski definition) is 7. The molecule has 8 heteroatoms. The van der Waals surface area contributed by atoms with Crippen LogP contribution in [0.2, 0.25) is 0 Å². The molecule has 0 aliphatic carbocycles. The van der Waals surface area contributed by atoms with E-state index < -0.39 is 5.97 Å². The van der Waals surface area contributed by atoms with Crippen molar-refractivity contribution in [2.24, 2.45) is 0 Å². The van der Waals surface area contributed by atoms with Gasteiger partial charge in [-0.05, 0) is 6.42 Å². The number of aromatic nitrogens is 5. The van der Waals surface area contributed by atoms with Crippen molar-refractivity contribution in [1.82, 2.24) is 24.7 Å². The summed E-state index contributed by atoms with van der Waals surface area (Å²) >= 11 is 0. The molecule has 8 nitrogen and oxygen atoms in total. The third-order valence-corrected chi connectivity index (χ3v) is 2.53. The van der Waals surface area contributed by atoms with Gasteiger partial charge in [0.2, 0.25) is 0 Å². The van der Waals surface area contributed by atoms with Crippen molar-refractivity contribution in [3.63, 3.8) is 0 Å². The Labute approximate surface area is 109 Å². The largest absolute Gasteiger partial charge is 0.463 e. The summed E-state index contributed by atoms with van der Waals surface area (Å²) in [7, 11) is 1.27. The van der Waals surface area contributed by atoms with Crippen molar-refractivity contribution in [1.29, 1.82) is 0 Å². The number of nitrogen functional groups attached to an aromatic ring is 1. The lowest BCUT2D eigenvalue weighted by atomic mass is 10.1. The molecule has 0 amide bonds. The summed E-state index contributed by atoms with van der Waals surface area (Å²) in [6, 6.07) is 0. The summed E-state index contributed by atoms with van der Waals surface area (Å²) < 4.78 is 5.95. The molecule has 0 fully saturated rings. The molecule has 2 heterocycles. The number of carbonyl (C=O) groups excluding carboxylic acids is 1. The van der Waals surface area contributed by atoms with Crippen molar-refractivity contribution in [2.45, 2.75) is 19.8 Å². The standard InChI is InChI=1S/C11H14N6O2/c1-3-4-7-8(12)13-5-14-10(7)17-6-15-9(16-17)11(18)19-2/h5-6H,3-4H2,1-2H3,(H2,12,13,14). The molecule has 19 heavy (non-hydrogen) atoms. The second kappa shape index (κ2) is 5.42. The number of rotatable bonds is 4. The first-order chi connectivity index (χ1) is 9.17. The van der Waals surface area contributed by atoms with Crippen LogP contribution in [0.25, 0.3) is 5.82 Å². The first kappa shape index (κ1) is 12.9. The quantitative estimate of drug-likeness (QED) is 0.793. The smallest absolute Gasteiger partial charge is 0.377 e. The fraction of sp³-hybridized carbons (Fsp3) is 0.364. The van der Waals surface area contributed by atoms with Crippen LogP contribution in [0.15, 0.2) is 12.7 Å². The van der Waals surface area contributed by atoms with E-state index in [2.05, 4.69) is 24.8 Å². The number of anilines is 1. The van der Waals surface area contributed by atoms with E-state index in [0.29, 0.717) is 11.6 Å². The van der Waals surface area contributed by atoms with Gasteiger partial charge in [0.05, 0.1) is 7.11 Å². The van der Waals surface area contributed by atoms with Crippen LogP contribution in [0.3, 0.4) is 0 Å². The third-order valence-electron chi connectivity index (χ3n) is 2.53. The van der Waals surface area contributed by atoms with Crippen LogP contribution in [0, 0.1) is 0 Å². The van der Waals surface area contributed by atoms with Crippen molar-refractivity contribution in [2.75, 3.05) is 12.8 Å². The number of carbonyl (C=O) groups is 1. The van der Waals surface area contributed by atoms with Gasteiger partial charge in [-0.15, -0.1) is 5.10 Å². The first-order valence-electron chi connectivity index (χ1n) is 5.77. The van der Waals surface area contributed by atoms with Crippen LogP contribution in [-0.4, -0.2) is 37.8 Å². The number of ether oxygens (including phenoxy) is 1. The summed E-state index contributed by atoms with van der Waals surface area (Å²) in [6.07, 6.45) is 4.36. The third kappa shape index (κ3) is 2.51. The fourth-order valence-corrected chi connectivity index (χ4v) is 1.65. The monoisotopic (exact) mass is 262 g/mol. The second-order valence-electron chi connectivity index (χ2n) is 3.82. The first-order valence-corrected chi connectivity index (χ1v) is 5.77. The molecule has 0 aliphatic rings. The highest BCUT2D eigenvalue weighted by Gasteiger charge is 2.16. The van der Waals surface area contributed by atoms with Crippen LogP contribution < -0.4 is 5.73 Å². The van der Waals surface area contributed by atoms with Crippen LogP contribution in [0.4, 0.5) is 5.82 Å². The van der Waals surface area contributed by atoms with Crippen molar-refractivity contribution in [3.05, 3.63) is 24.0 Å². The van der Waals surface area contributed by atoms with Gasteiger partial charge in [-0.2, -0.15) is 0 Å². The predicted octanol–water partition coefficient (Wildman–Crippen LogP) is 0.379. The number of esters is 1. The maximum atomic E-state index is 11.3. The Morgan fingerprint density at radius 1 is 1.42 bits per heavy atom. The predicted molar refractivity (Wildman–Crippen MR) is 66.7 cm³/mol. The van der Waals surface area contributed by atoms with Crippen LogP contribution in [-0.2, 0) is 11.2 Å². The average molecular weight is 262 g/mol. The number of nitrogens with zero attached hydrogens (tertiary/aromatic N) is 5. The molecule has 0 spiro atoms. The molecule has 0 saturated heterocycles. The Balaban J connectivity index is 2.44. The Bertz CT molecular complexity index is 595. The van der Waals surface area contributed by atoms with Crippen LogP contribution in [0.1, 0.15) is 29.5 Å². The molecule has 2 rings (SSSR count). The molecule has 2 aromatic rings. The lowest BCUT2D eigenvalue weighted by Crippen LogP contribution is -2.10. The van der Waals surface area contributed by atoms with Gasteiger partial charge < -0.3 is 10.5 Å². The Morgan fingerprint density at radius 2 is 2.21 bits per heavy atom. The minimum atomic E-state index is -0.599. The zero-order valence-corrected chi connectivity index (χ0v) is 10.7. The van der Waals surface area contributed by atoms with Crippen LogP contribution >= 0.6 is 0 Å². The topological polar surface area (TPSA) is 109 Å². The molecule has 0 aromatic carbocycles. The molecule has 0 unspecified atom stereocenters. The highest BCUT2D eigenvalue weighted by Crippen LogP contribution is 2.17. The summed E-state index contributed by atoms with van der Waals surface area (Å²) in [5.41, 5.74) is 6.62. The number of methoxy groups -OCH3 is 1. The van der Waals surface area contributed by atoms with E-state index in [4.69, 9.17) is 5.73 Å². The van der Waals surface area contributed by atoms with E-state index in [1.165, 1.54) is 24.4 Å². The van der Waals surface area contributed by atoms with Gasteiger partial charge in [0.25, 0.3) is 5.82 Å². The molecule has 2 N–H and O–H groups in total. The lowest BCUT2D eigenvalue weighted by molar-refractivity contribution is 0.0587. The highest BCUT2D eigenvalue weighted by molar-refractivity contribution is 5.84. The maximum Gasteiger partial charge on any atom is 0.377 e. The molecule has 0 aliphatic heterocycles. The van der Waals surface area contributed by atoms with Gasteiger partial charge in [0.15, 0.2) is 5.82 Å². The molecule has 100 valence electrons. The molecule has 0 atom stereocenters. The van der Waals surface area contributed by atoms with E-state index in [9.17, 15) is 4.79 Å². The number of hydrogen-bond donors (Lipinski definition) is 1. The maximum absolute atomic E-state index is 11.3. The van der Waals surface area contributed by atoms with E-state index in [-0.39, 0.29) is 5.82 Å². The molecule has 2 aromatic heterocycles. The zero-order chi connectivity index (χ0) is 13.8. The molecule has 0 bridgehead atoms. The van der Waals surface area contributed by atoms with Crippen LogP contribution in [0.5, 0.6) is 0 Å². The van der Waals surface area contributed by atoms with Gasteiger partial charge in [0, 0.05) is 5.56 Å². The molecular formula is C11H14N6O2. The van der Waals surface area contributed by atoms with E-state index in [1.807, 2.05) is 6.92 Å². The number of nitrogens with two attached hydrogens (primary N) is 1. The van der Waals surface area contributed by atoms with Crippen molar-refractivity contribution >= 4 is 11.8 Å². The zero-order valence-electron chi connectivity index (χ0n) is 10.7. The summed E-state index contributed by atoms with van der Waals surface area (Å²) in [5.74, 6) is 0.305. The summed E-state index contributed by atoms with van der Waals surface area (Å²) in [4.78, 5) is 23.3. The Kier molecular flexibility index (Phi) is 3.69. The van der Waals surface area contributed by atoms with Gasteiger partial charge >= 0.3 is 5.97 Å². The van der Waals surface area contributed by atoms with E-state index in [1.54, 1.807) is 0 Å². The summed E-state index contributed by atoms with van der Waals surface area (Å²) in [6.45, 7) is 2.03. The van der Waals surface area contributed by atoms with Gasteiger partial charge in [-0.1, -0.05) is 13.3 Å². The second-order valence-corrected chi connectivity index (χ2v) is 3.82. The van der Waals surface area contributed by atoms with Crippen molar-refractivity contribution < 1.29 is 9.53 Å². The summed E-state index contributed by atoms with van der Waals surface area (Å²) in [5, 5.41) is 4.02. The molecule has 0 radical (unpaired) electrons. The highest BCUT2D eigenvalue weighted by atomic mass is 16.5. The normalized spacial score (nSPS) is 10.4.